The number of thiazole rings is 1. The van der Waals surface area contributed by atoms with E-state index in [1.807, 2.05) is 49.6 Å². The van der Waals surface area contributed by atoms with Crippen molar-refractivity contribution in [2.75, 3.05) is 20.3 Å². The van der Waals surface area contributed by atoms with Crippen molar-refractivity contribution >= 4 is 17.6 Å². The van der Waals surface area contributed by atoms with Crippen molar-refractivity contribution in [1.29, 1.82) is 0 Å². The lowest BCUT2D eigenvalue weighted by molar-refractivity contribution is 0.315. The molecular weight excluding hydrogens is 410 g/mol. The van der Waals surface area contributed by atoms with Gasteiger partial charge in [-0.2, -0.15) is 5.10 Å². The maximum absolute atomic E-state index is 10.4. The van der Waals surface area contributed by atoms with Gasteiger partial charge in [0.05, 0.1) is 32.2 Å². The summed E-state index contributed by atoms with van der Waals surface area (Å²) in [7, 11) is 1.64. The zero-order valence-corrected chi connectivity index (χ0v) is 18.9. The summed E-state index contributed by atoms with van der Waals surface area (Å²) in [6, 6.07) is 13.0. The van der Waals surface area contributed by atoms with Crippen LogP contribution < -0.4 is 14.3 Å². The number of phenols is 1. The monoisotopic (exact) mass is 437 g/mol. The highest BCUT2D eigenvalue weighted by molar-refractivity contribution is 7.07. The minimum atomic E-state index is 0.111. The fraction of sp³-hybridized carbons (Fsp3) is 0.250. The van der Waals surface area contributed by atoms with Crippen molar-refractivity contribution in [3.8, 4) is 28.5 Å². The number of ether oxygens (including phenoxy) is 2. The molecule has 7 heteroatoms. The maximum Gasteiger partial charge on any atom is 0.206 e. The zero-order chi connectivity index (χ0) is 22.2. The molecule has 3 aromatic rings. The fourth-order valence-electron chi connectivity index (χ4n) is 2.74. The Kier molecular flexibility index (Phi) is 7.67. The van der Waals surface area contributed by atoms with E-state index in [0.29, 0.717) is 24.5 Å². The molecule has 0 aliphatic rings. The Balaban J connectivity index is 1.98. The molecule has 0 aliphatic carbocycles. The van der Waals surface area contributed by atoms with Gasteiger partial charge < -0.3 is 14.6 Å². The maximum atomic E-state index is 10.4. The Hall–Kier alpha value is -3.32. The van der Waals surface area contributed by atoms with Crippen molar-refractivity contribution in [2.24, 2.45) is 10.1 Å². The van der Waals surface area contributed by atoms with Gasteiger partial charge in [-0.3, -0.25) is 4.99 Å². The highest BCUT2D eigenvalue weighted by Crippen LogP contribution is 2.25. The van der Waals surface area contributed by atoms with Gasteiger partial charge in [0.15, 0.2) is 0 Å². The second-order valence-electron chi connectivity index (χ2n) is 7.03. The predicted octanol–water partition coefficient (Wildman–Crippen LogP) is 5.08. The van der Waals surface area contributed by atoms with Crippen LogP contribution in [0.4, 0.5) is 0 Å². The molecule has 0 radical (unpaired) electrons. The first-order chi connectivity index (χ1) is 15.0. The summed E-state index contributed by atoms with van der Waals surface area (Å²) in [6.45, 7) is 9.03. The third-order valence-electron chi connectivity index (χ3n) is 4.34. The molecule has 2 aromatic carbocycles. The van der Waals surface area contributed by atoms with E-state index in [1.54, 1.807) is 30.1 Å². The second kappa shape index (κ2) is 10.6. The van der Waals surface area contributed by atoms with Crippen LogP contribution in [0, 0.1) is 0 Å². The number of hydrogen-bond acceptors (Lipinski definition) is 6. The van der Waals surface area contributed by atoms with Crippen LogP contribution in [0.3, 0.4) is 0 Å². The number of aromatic nitrogens is 1. The average molecular weight is 438 g/mol. The van der Waals surface area contributed by atoms with Crippen LogP contribution in [-0.4, -0.2) is 36.3 Å². The standard InChI is InChI=1S/C24H27N3O3S/c1-5-12-30-21-11-8-19(23(28)13-21)15-26-27-22(16-31-24(27)25-14-17(2)3)18-6-9-20(29-4)10-7-18/h6-11,13,15-16,28H,2,5,12,14H2,1,3-4H3. The fourth-order valence-corrected chi connectivity index (χ4v) is 3.58. The molecule has 31 heavy (non-hydrogen) atoms. The average Bonchev–Trinajstić information content (AvgIpc) is 3.18. The first-order valence-electron chi connectivity index (χ1n) is 10.0. The van der Waals surface area contributed by atoms with Crippen LogP contribution in [-0.2, 0) is 0 Å². The number of hydrogen-bond donors (Lipinski definition) is 1. The summed E-state index contributed by atoms with van der Waals surface area (Å²) >= 11 is 1.50. The van der Waals surface area contributed by atoms with Gasteiger partial charge in [-0.25, -0.2) is 4.68 Å². The lowest BCUT2D eigenvalue weighted by Crippen LogP contribution is -2.13. The Labute approximate surface area is 186 Å². The summed E-state index contributed by atoms with van der Waals surface area (Å²) in [5.74, 6) is 1.53. The summed E-state index contributed by atoms with van der Waals surface area (Å²) < 4.78 is 12.6. The highest BCUT2D eigenvalue weighted by atomic mass is 32.1. The summed E-state index contributed by atoms with van der Waals surface area (Å²) in [6.07, 6.45) is 2.53. The van der Waals surface area contributed by atoms with E-state index in [9.17, 15) is 5.11 Å². The van der Waals surface area contributed by atoms with E-state index >= 15 is 0 Å². The van der Waals surface area contributed by atoms with E-state index in [0.717, 1.165) is 33.8 Å². The highest BCUT2D eigenvalue weighted by Gasteiger charge is 2.09. The molecule has 0 bridgehead atoms. The lowest BCUT2D eigenvalue weighted by atomic mass is 10.2. The van der Waals surface area contributed by atoms with Gasteiger partial charge in [-0.1, -0.05) is 19.1 Å². The van der Waals surface area contributed by atoms with E-state index in [-0.39, 0.29) is 5.75 Å². The van der Waals surface area contributed by atoms with Crippen molar-refractivity contribution < 1.29 is 14.6 Å². The third kappa shape index (κ3) is 5.86. The minimum absolute atomic E-state index is 0.111. The molecule has 0 aliphatic heterocycles. The van der Waals surface area contributed by atoms with Gasteiger partial charge in [0.1, 0.15) is 17.2 Å². The molecule has 0 fully saturated rings. The quantitative estimate of drug-likeness (QED) is 0.375. The van der Waals surface area contributed by atoms with E-state index in [2.05, 4.69) is 16.7 Å². The van der Waals surface area contributed by atoms with Crippen molar-refractivity contribution in [3.63, 3.8) is 0 Å². The molecule has 1 aromatic heterocycles. The van der Waals surface area contributed by atoms with Crippen LogP contribution in [0.2, 0.25) is 0 Å². The molecular formula is C24H27N3O3S. The molecule has 3 rings (SSSR count). The number of benzene rings is 2. The molecule has 0 saturated carbocycles. The van der Waals surface area contributed by atoms with Crippen LogP contribution in [0.15, 0.2) is 70.1 Å². The number of rotatable bonds is 9. The van der Waals surface area contributed by atoms with Gasteiger partial charge in [-0.05, 0) is 49.7 Å². The first kappa shape index (κ1) is 22.4. The SMILES string of the molecule is C=C(C)CN=c1scc(-c2ccc(OC)cc2)n1N=Cc1ccc(OCCC)cc1O. The van der Waals surface area contributed by atoms with Crippen molar-refractivity contribution in [3.05, 3.63) is 70.4 Å². The first-order valence-corrected chi connectivity index (χ1v) is 10.9. The number of methoxy groups -OCH3 is 1. The lowest BCUT2D eigenvalue weighted by Gasteiger charge is -2.07. The minimum Gasteiger partial charge on any atom is -0.507 e. The number of aromatic hydroxyl groups is 1. The van der Waals surface area contributed by atoms with Gasteiger partial charge in [0.25, 0.3) is 0 Å². The van der Waals surface area contributed by atoms with Gasteiger partial charge in [0, 0.05) is 22.6 Å². The van der Waals surface area contributed by atoms with Crippen LogP contribution in [0.25, 0.3) is 11.3 Å². The molecule has 0 unspecified atom stereocenters. The summed E-state index contributed by atoms with van der Waals surface area (Å²) in [5, 5.41) is 17.0. The van der Waals surface area contributed by atoms with Gasteiger partial charge in [-0.15, -0.1) is 11.3 Å². The predicted molar refractivity (Wildman–Crippen MR) is 126 cm³/mol. The van der Waals surface area contributed by atoms with Crippen LogP contribution >= 0.6 is 11.3 Å². The molecule has 0 saturated heterocycles. The van der Waals surface area contributed by atoms with E-state index in [4.69, 9.17) is 9.47 Å². The van der Waals surface area contributed by atoms with Gasteiger partial charge in [0.2, 0.25) is 4.80 Å². The van der Waals surface area contributed by atoms with Crippen molar-refractivity contribution in [2.45, 2.75) is 20.3 Å². The molecule has 162 valence electrons. The van der Waals surface area contributed by atoms with Gasteiger partial charge >= 0.3 is 0 Å². The summed E-state index contributed by atoms with van der Waals surface area (Å²) in [5.41, 5.74) is 3.44. The molecule has 0 spiro atoms. The zero-order valence-electron chi connectivity index (χ0n) is 18.0. The van der Waals surface area contributed by atoms with E-state index in [1.165, 1.54) is 11.3 Å². The van der Waals surface area contributed by atoms with Crippen LogP contribution in [0.1, 0.15) is 25.8 Å². The number of phenolic OH excluding ortho intramolecular Hbond substituents is 1. The van der Waals surface area contributed by atoms with E-state index < -0.39 is 0 Å². The summed E-state index contributed by atoms with van der Waals surface area (Å²) in [4.78, 5) is 5.37. The Morgan fingerprint density at radius 3 is 2.58 bits per heavy atom. The normalized spacial score (nSPS) is 11.8. The Morgan fingerprint density at radius 1 is 1.19 bits per heavy atom. The Bertz CT molecular complexity index is 1130. The van der Waals surface area contributed by atoms with Crippen molar-refractivity contribution in [1.82, 2.24) is 4.68 Å². The van der Waals surface area contributed by atoms with Crippen LogP contribution in [0.5, 0.6) is 17.2 Å². The Morgan fingerprint density at radius 2 is 1.94 bits per heavy atom. The third-order valence-corrected chi connectivity index (χ3v) is 5.20. The molecule has 0 amide bonds. The largest absolute Gasteiger partial charge is 0.507 e. The topological polar surface area (TPSA) is 68.3 Å². The molecule has 0 atom stereocenters. The smallest absolute Gasteiger partial charge is 0.206 e. The second-order valence-corrected chi connectivity index (χ2v) is 7.87. The molecule has 1 heterocycles. The molecule has 1 N–H and O–H groups in total. The molecule has 6 nitrogen and oxygen atoms in total. The number of nitrogens with zero attached hydrogens (tertiary/aromatic N) is 3.